The van der Waals surface area contributed by atoms with Gasteiger partial charge < -0.3 is 4.90 Å². The Bertz CT molecular complexity index is 229. The van der Waals surface area contributed by atoms with Gasteiger partial charge in [0.2, 0.25) is 5.91 Å². The predicted molar refractivity (Wildman–Crippen MR) is 57.9 cm³/mol. The molecule has 0 unspecified atom stereocenters. The van der Waals surface area contributed by atoms with Gasteiger partial charge in [-0.25, -0.2) is 0 Å². The van der Waals surface area contributed by atoms with Crippen molar-refractivity contribution in [3.8, 4) is 0 Å². The molecule has 0 heterocycles. The van der Waals surface area contributed by atoms with Crippen LogP contribution in [0.25, 0.3) is 0 Å². The van der Waals surface area contributed by atoms with Crippen molar-refractivity contribution in [1.82, 2.24) is 9.80 Å². The van der Waals surface area contributed by atoms with Crippen molar-refractivity contribution in [1.29, 1.82) is 0 Å². The fourth-order valence-electron chi connectivity index (χ4n) is 0.251. The van der Waals surface area contributed by atoms with E-state index in [0.717, 1.165) is 0 Å². The number of hydrogen-bond acceptors (Lipinski definition) is 3. The van der Waals surface area contributed by atoms with Crippen LogP contribution in [0, 0.1) is 0 Å². The van der Waals surface area contributed by atoms with E-state index in [1.165, 1.54) is 11.8 Å². The summed E-state index contributed by atoms with van der Waals surface area (Å²) in [5.74, 6) is 0.551. The van der Waals surface area contributed by atoms with Crippen LogP contribution in [-0.2, 0) is 28.4 Å². The number of carbonyl (C=O) groups is 1. The second-order valence-electron chi connectivity index (χ2n) is 2.94. The molecule has 0 atom stereocenters. The summed E-state index contributed by atoms with van der Waals surface area (Å²) in [5.41, 5.74) is 0. The molecule has 0 aliphatic carbocycles. The van der Waals surface area contributed by atoms with E-state index in [1.807, 2.05) is 0 Å². The Balaban J connectivity index is 0. The molecule has 0 spiro atoms. The van der Waals surface area contributed by atoms with E-state index in [9.17, 15) is 4.79 Å². The zero-order valence-electron chi connectivity index (χ0n) is 9.28. The Morgan fingerprint density at radius 1 is 1.13 bits per heavy atom. The average molecular weight is 437 g/mol. The van der Waals surface area contributed by atoms with Gasteiger partial charge >= 0.3 is 76.2 Å². The van der Waals surface area contributed by atoms with Crippen LogP contribution in [0.3, 0.4) is 0 Å². The summed E-state index contributed by atoms with van der Waals surface area (Å²) in [7, 11) is 7.03. The molecule has 0 radical (unpaired) electrons. The first-order valence-electron chi connectivity index (χ1n) is 3.90. The first-order chi connectivity index (χ1) is 6.73. The number of halogens is 2. The molecule has 0 aromatic heterocycles. The summed E-state index contributed by atoms with van der Waals surface area (Å²) in [6.07, 6.45) is 0. The summed E-state index contributed by atoms with van der Waals surface area (Å²) in [6.45, 7) is 1.53. The monoisotopic (exact) mass is 436 g/mol. The fraction of sp³-hybridized carbons (Fsp3) is 0.625. The van der Waals surface area contributed by atoms with E-state index in [0.29, 0.717) is 5.88 Å². The third-order valence-corrected chi connectivity index (χ3v) is 2.02. The van der Waals surface area contributed by atoms with E-state index in [-0.39, 0.29) is 10.4 Å². The zero-order valence-corrected chi connectivity index (χ0v) is 13.1. The van der Waals surface area contributed by atoms with Crippen LogP contribution in [0.5, 0.6) is 0 Å². The van der Waals surface area contributed by atoms with Gasteiger partial charge in [0, 0.05) is 21.0 Å². The van der Waals surface area contributed by atoms with Crippen molar-refractivity contribution in [2.75, 3.05) is 28.2 Å². The maximum atomic E-state index is 10.1. The van der Waals surface area contributed by atoms with E-state index in [4.69, 9.17) is 26.6 Å². The third-order valence-electron chi connectivity index (χ3n) is 1.26. The first-order valence-corrected chi connectivity index (χ1v) is 5.58. The van der Waals surface area contributed by atoms with Gasteiger partial charge in [-0.1, -0.05) is 0 Å². The fourth-order valence-corrected chi connectivity index (χ4v) is 1.58. The van der Waals surface area contributed by atoms with E-state index < -0.39 is 0 Å². The number of nitrogens with zero attached hydrogens (tertiary/aromatic N) is 2. The SMILES string of the molecule is CC(=O)N(C)C.CN(C)C([O][Pt])=C(Cl)Cl. The molecule has 7 heteroatoms. The van der Waals surface area contributed by atoms with Crippen LogP contribution in [0.15, 0.2) is 10.4 Å². The summed E-state index contributed by atoms with van der Waals surface area (Å²) in [4.78, 5) is 13.3. The molecular weight excluding hydrogens is 422 g/mol. The van der Waals surface area contributed by atoms with Gasteiger partial charge in [0.25, 0.3) is 0 Å². The molecule has 4 nitrogen and oxygen atoms in total. The third kappa shape index (κ3) is 10.4. The zero-order chi connectivity index (χ0) is 12.6. The van der Waals surface area contributed by atoms with Gasteiger partial charge in [-0.3, -0.25) is 4.79 Å². The van der Waals surface area contributed by atoms with Crippen LogP contribution < -0.4 is 0 Å². The Morgan fingerprint density at radius 2 is 1.47 bits per heavy atom. The molecule has 0 aromatic rings. The minimum atomic E-state index is 0.0926. The molecule has 0 bridgehead atoms. The van der Waals surface area contributed by atoms with Gasteiger partial charge in [-0.05, 0) is 0 Å². The molecule has 0 saturated carbocycles. The van der Waals surface area contributed by atoms with E-state index in [2.05, 4.69) is 0 Å². The molecule has 0 rings (SSSR count). The van der Waals surface area contributed by atoms with E-state index in [1.54, 1.807) is 53.3 Å². The molecule has 1 amide bonds. The Morgan fingerprint density at radius 3 is 1.47 bits per heavy atom. The van der Waals surface area contributed by atoms with Gasteiger partial charge in [-0.2, -0.15) is 0 Å². The van der Waals surface area contributed by atoms with Crippen molar-refractivity contribution < 1.29 is 28.4 Å². The Labute approximate surface area is 112 Å². The van der Waals surface area contributed by atoms with Crippen molar-refractivity contribution in [2.45, 2.75) is 6.92 Å². The summed E-state index contributed by atoms with van der Waals surface area (Å²) < 4.78 is 4.92. The standard InChI is InChI=1S/C4H7Cl2NO.C4H9NO.Pt/c1-7(2)4(8)3(5)6;1-4(6)5(2)3;/h8H,1-2H3;1-3H3;/q;;+1/p-1. The second-order valence-corrected chi connectivity index (χ2v) is 4.35. The maximum absolute atomic E-state index is 10.1. The van der Waals surface area contributed by atoms with Gasteiger partial charge in [-0.15, -0.1) is 0 Å². The molecule has 0 saturated heterocycles. The van der Waals surface area contributed by atoms with Crippen molar-refractivity contribution in [3.05, 3.63) is 10.4 Å². The number of hydrogen-bond donors (Lipinski definition) is 0. The van der Waals surface area contributed by atoms with E-state index >= 15 is 0 Å². The van der Waals surface area contributed by atoms with Crippen LogP contribution in [0.1, 0.15) is 6.92 Å². The summed E-state index contributed by atoms with van der Waals surface area (Å²) in [6, 6.07) is 0. The number of rotatable bonds is 2. The number of amides is 1. The molecule has 0 aliphatic heterocycles. The van der Waals surface area contributed by atoms with Gasteiger partial charge in [0.15, 0.2) is 0 Å². The van der Waals surface area contributed by atoms with Crippen molar-refractivity contribution >= 4 is 29.1 Å². The average Bonchev–Trinajstić information content (AvgIpc) is 2.04. The Kier molecular flexibility index (Phi) is 10.9. The molecule has 0 aliphatic rings. The predicted octanol–water partition coefficient (Wildman–Crippen LogP) is 1.73. The van der Waals surface area contributed by atoms with Crippen molar-refractivity contribution in [2.24, 2.45) is 0 Å². The molecule has 0 fully saturated rings. The second kappa shape index (κ2) is 9.31. The normalized spacial score (nSPS) is 8.33. The Hall–Kier alpha value is 0.0783. The minimum absolute atomic E-state index is 0.0926. The topological polar surface area (TPSA) is 32.8 Å². The number of carbonyl (C=O) groups excluding carboxylic acids is 1. The summed E-state index contributed by atoms with van der Waals surface area (Å²) >= 11 is 12.5. The van der Waals surface area contributed by atoms with Crippen molar-refractivity contribution in [3.63, 3.8) is 0 Å². The molecule has 0 N–H and O–H groups in total. The summed E-state index contributed by atoms with van der Waals surface area (Å²) in [5, 5.41) is 0. The molecule has 93 valence electrons. The van der Waals surface area contributed by atoms with Crippen LogP contribution in [0.4, 0.5) is 0 Å². The molecular formula is C8H15Cl2N2O2Pt. The van der Waals surface area contributed by atoms with Gasteiger partial charge in [0.05, 0.1) is 0 Å². The quantitative estimate of drug-likeness (QED) is 0.618. The molecule has 15 heavy (non-hydrogen) atoms. The van der Waals surface area contributed by atoms with Crippen LogP contribution in [0.2, 0.25) is 0 Å². The first kappa shape index (κ1) is 17.5. The van der Waals surface area contributed by atoms with Gasteiger partial charge in [0.1, 0.15) is 0 Å². The molecule has 0 aromatic carbocycles. The van der Waals surface area contributed by atoms with Crippen LogP contribution in [-0.4, -0.2) is 43.9 Å². The van der Waals surface area contributed by atoms with Crippen LogP contribution >= 0.6 is 23.2 Å².